The van der Waals surface area contributed by atoms with E-state index in [4.69, 9.17) is 18.5 Å². The average molecular weight is 752 g/mol. The van der Waals surface area contributed by atoms with E-state index in [9.17, 15) is 19.0 Å². The van der Waals surface area contributed by atoms with Crippen LogP contribution in [-0.2, 0) is 32.7 Å². The van der Waals surface area contributed by atoms with E-state index >= 15 is 0 Å². The molecular weight excluding hydrogens is 677 g/mol. The fourth-order valence-electron chi connectivity index (χ4n) is 5.04. The number of unbranched alkanes of at least 4 members (excludes halogenated alkanes) is 15. The normalized spacial score (nSPS) is 14.3. The summed E-state index contributed by atoms with van der Waals surface area (Å²) in [7, 11) is 1.11. The Labute approximate surface area is 317 Å². The van der Waals surface area contributed by atoms with Gasteiger partial charge in [0.15, 0.2) is 6.10 Å². The fourth-order valence-corrected chi connectivity index (χ4v) is 5.77. The third-order valence-electron chi connectivity index (χ3n) is 8.18. The van der Waals surface area contributed by atoms with Crippen molar-refractivity contribution in [1.82, 2.24) is 0 Å². The van der Waals surface area contributed by atoms with Gasteiger partial charge in [-0.3, -0.25) is 14.2 Å². The van der Waals surface area contributed by atoms with Crippen LogP contribution in [0.4, 0.5) is 0 Å². The van der Waals surface area contributed by atoms with Gasteiger partial charge >= 0.3 is 11.9 Å². The molecule has 0 aliphatic carbocycles. The molecule has 0 N–H and O–H groups in total. The van der Waals surface area contributed by atoms with Crippen molar-refractivity contribution in [3.63, 3.8) is 0 Å². The molecule has 0 bridgehead atoms. The SMILES string of the molecule is CC/C=C/C=C/C=C/C=C/C=C/CCCC(=O)OC(COC(=O)CCCCCCCCCCCCCCCCC)COP(=O)([O-])OCC[N+](C)(C)C. The maximum Gasteiger partial charge on any atom is 0.306 e. The van der Waals surface area contributed by atoms with Gasteiger partial charge in [-0.2, -0.15) is 0 Å². The summed E-state index contributed by atoms with van der Waals surface area (Å²) in [5.41, 5.74) is 0. The lowest BCUT2D eigenvalue weighted by Gasteiger charge is -2.28. The van der Waals surface area contributed by atoms with Gasteiger partial charge in [-0.05, 0) is 25.7 Å². The van der Waals surface area contributed by atoms with Gasteiger partial charge in [0.25, 0.3) is 7.82 Å². The Kier molecular flexibility index (Phi) is 33.0. The lowest BCUT2D eigenvalue weighted by atomic mass is 10.0. The third-order valence-corrected chi connectivity index (χ3v) is 9.14. The Morgan fingerprint density at radius 1 is 0.615 bits per heavy atom. The Morgan fingerprint density at radius 3 is 1.62 bits per heavy atom. The molecule has 0 saturated heterocycles. The molecule has 300 valence electrons. The highest BCUT2D eigenvalue weighted by Gasteiger charge is 2.21. The first-order valence-electron chi connectivity index (χ1n) is 20.1. The molecule has 0 aliphatic rings. The van der Waals surface area contributed by atoms with E-state index in [-0.39, 0.29) is 26.1 Å². The summed E-state index contributed by atoms with van der Waals surface area (Å²) in [6.07, 6.45) is 39.8. The lowest BCUT2D eigenvalue weighted by Crippen LogP contribution is -2.37. The monoisotopic (exact) mass is 752 g/mol. The van der Waals surface area contributed by atoms with Crippen molar-refractivity contribution in [2.45, 2.75) is 148 Å². The summed E-state index contributed by atoms with van der Waals surface area (Å²) in [6.45, 7) is 3.98. The number of hydrogen-bond donors (Lipinski definition) is 0. The van der Waals surface area contributed by atoms with E-state index in [0.29, 0.717) is 23.9 Å². The highest BCUT2D eigenvalue weighted by Crippen LogP contribution is 2.38. The number of quaternary nitrogens is 1. The van der Waals surface area contributed by atoms with Gasteiger partial charge in [-0.15, -0.1) is 0 Å². The van der Waals surface area contributed by atoms with Crippen molar-refractivity contribution in [3.05, 3.63) is 60.8 Å². The standard InChI is InChI=1S/C42H74NO8P/c1-6-8-10-12-14-16-18-20-21-23-24-26-28-30-32-34-41(44)48-38-40(39-50-52(46,47)49-37-36-43(3,4)5)51-42(45)35-33-31-29-27-25-22-19-17-15-13-11-9-7-2/h9,11,13,15,17,19,22,25,27,29,40H,6-8,10,12,14,16,18,20-21,23-24,26,28,30-39H2,1-5H3/b11-9+,15-13+,19-17+,25-22+,29-27+. The van der Waals surface area contributed by atoms with Crippen LogP contribution in [0.15, 0.2) is 60.8 Å². The molecule has 0 aromatic rings. The molecule has 0 fully saturated rings. The second-order valence-corrected chi connectivity index (χ2v) is 15.8. The largest absolute Gasteiger partial charge is 0.756 e. The predicted octanol–water partition coefficient (Wildman–Crippen LogP) is 10.3. The van der Waals surface area contributed by atoms with Gasteiger partial charge in [0, 0.05) is 12.8 Å². The molecule has 0 aromatic heterocycles. The van der Waals surface area contributed by atoms with E-state index < -0.39 is 32.5 Å². The number of likely N-dealkylation sites (N-methyl/N-ethyl adjacent to an activating group) is 1. The molecule has 0 heterocycles. The van der Waals surface area contributed by atoms with Crippen LogP contribution in [0.2, 0.25) is 0 Å². The second kappa shape index (κ2) is 34.5. The van der Waals surface area contributed by atoms with Crippen molar-refractivity contribution in [1.29, 1.82) is 0 Å². The first kappa shape index (κ1) is 49.7. The van der Waals surface area contributed by atoms with Crippen molar-refractivity contribution in [2.75, 3.05) is 47.5 Å². The number of phosphoric acid groups is 1. The van der Waals surface area contributed by atoms with Crippen LogP contribution in [0.5, 0.6) is 0 Å². The van der Waals surface area contributed by atoms with Gasteiger partial charge in [0.05, 0.1) is 27.7 Å². The summed E-state index contributed by atoms with van der Waals surface area (Å²) in [5, 5.41) is 0. The Bertz CT molecular complexity index is 1080. The molecule has 2 unspecified atom stereocenters. The zero-order chi connectivity index (χ0) is 38.6. The van der Waals surface area contributed by atoms with Crippen LogP contribution in [0, 0.1) is 0 Å². The van der Waals surface area contributed by atoms with Crippen LogP contribution in [0.1, 0.15) is 142 Å². The number of hydrogen-bond acceptors (Lipinski definition) is 8. The minimum atomic E-state index is -4.64. The summed E-state index contributed by atoms with van der Waals surface area (Å²) >= 11 is 0. The van der Waals surface area contributed by atoms with E-state index in [2.05, 4.69) is 19.9 Å². The Balaban J connectivity index is 4.51. The molecular formula is C42H74NO8P. The van der Waals surface area contributed by atoms with Gasteiger partial charge in [0.2, 0.25) is 0 Å². The molecule has 10 heteroatoms. The number of carbonyl (C=O) groups is 2. The average Bonchev–Trinajstić information content (AvgIpc) is 3.09. The fraction of sp³-hybridized carbons (Fsp3) is 0.714. The number of carbonyl (C=O) groups excluding carboxylic acids is 2. The topological polar surface area (TPSA) is 111 Å². The minimum absolute atomic E-state index is 0.0460. The summed E-state index contributed by atoms with van der Waals surface area (Å²) < 4.78 is 33.7. The molecule has 0 saturated carbocycles. The number of phosphoric ester groups is 1. The van der Waals surface area contributed by atoms with Gasteiger partial charge in [-0.1, -0.05) is 164 Å². The number of allylic oxidation sites excluding steroid dienone is 10. The first-order chi connectivity index (χ1) is 25.0. The molecule has 9 nitrogen and oxygen atoms in total. The summed E-state index contributed by atoms with van der Waals surface area (Å²) in [6, 6.07) is 0. The Morgan fingerprint density at radius 2 is 1.10 bits per heavy atom. The van der Waals surface area contributed by atoms with Crippen LogP contribution < -0.4 is 4.89 Å². The zero-order valence-electron chi connectivity index (χ0n) is 33.5. The van der Waals surface area contributed by atoms with Gasteiger partial charge in [0.1, 0.15) is 19.8 Å². The number of ether oxygens (including phenoxy) is 2. The maximum absolute atomic E-state index is 12.6. The van der Waals surface area contributed by atoms with E-state index in [1.165, 1.54) is 77.0 Å². The first-order valence-corrected chi connectivity index (χ1v) is 21.5. The molecule has 0 amide bonds. The smallest absolute Gasteiger partial charge is 0.306 e. The predicted molar refractivity (Wildman–Crippen MR) is 213 cm³/mol. The highest BCUT2D eigenvalue weighted by molar-refractivity contribution is 7.45. The molecule has 52 heavy (non-hydrogen) atoms. The zero-order valence-corrected chi connectivity index (χ0v) is 34.4. The van der Waals surface area contributed by atoms with Crippen molar-refractivity contribution >= 4 is 19.8 Å². The molecule has 0 spiro atoms. The molecule has 0 aliphatic heterocycles. The second-order valence-electron chi connectivity index (χ2n) is 14.4. The van der Waals surface area contributed by atoms with Crippen molar-refractivity contribution in [3.8, 4) is 0 Å². The number of rotatable bonds is 35. The lowest BCUT2D eigenvalue weighted by molar-refractivity contribution is -0.870. The summed E-state index contributed by atoms with van der Waals surface area (Å²) in [5.74, 6) is -0.924. The van der Waals surface area contributed by atoms with Crippen LogP contribution in [0.3, 0.4) is 0 Å². The number of nitrogens with zero attached hydrogens (tertiary/aromatic N) is 1. The summed E-state index contributed by atoms with van der Waals surface area (Å²) in [4.78, 5) is 37.3. The van der Waals surface area contributed by atoms with E-state index in [0.717, 1.165) is 25.7 Å². The molecule has 0 radical (unpaired) electrons. The highest BCUT2D eigenvalue weighted by atomic mass is 31.2. The van der Waals surface area contributed by atoms with Crippen LogP contribution >= 0.6 is 7.82 Å². The van der Waals surface area contributed by atoms with E-state index in [1.54, 1.807) is 0 Å². The van der Waals surface area contributed by atoms with E-state index in [1.807, 2.05) is 75.8 Å². The molecule has 0 rings (SSSR count). The van der Waals surface area contributed by atoms with Crippen LogP contribution in [0.25, 0.3) is 0 Å². The molecule has 0 aromatic carbocycles. The van der Waals surface area contributed by atoms with Crippen molar-refractivity contribution in [2.24, 2.45) is 0 Å². The molecule has 2 atom stereocenters. The maximum atomic E-state index is 12.6. The minimum Gasteiger partial charge on any atom is -0.756 e. The Hall–Kier alpha value is -2.29. The third kappa shape index (κ3) is 37.5. The van der Waals surface area contributed by atoms with Gasteiger partial charge < -0.3 is 27.9 Å². The van der Waals surface area contributed by atoms with Crippen LogP contribution in [-0.4, -0.2) is 70.0 Å². The number of esters is 2. The quantitative estimate of drug-likeness (QED) is 0.0207. The van der Waals surface area contributed by atoms with Crippen molar-refractivity contribution < 1.29 is 42.1 Å². The van der Waals surface area contributed by atoms with Gasteiger partial charge in [-0.25, -0.2) is 0 Å².